The second kappa shape index (κ2) is 11.2. The van der Waals surface area contributed by atoms with E-state index < -0.39 is 39.8 Å². The lowest BCUT2D eigenvalue weighted by molar-refractivity contribution is -0.386. The lowest BCUT2D eigenvalue weighted by atomic mass is 10.1. The number of nitrogens with one attached hydrogen (secondary N) is 1. The number of ether oxygens (including phenoxy) is 3. The maximum atomic E-state index is 13.3. The number of phenolic OH excluding ortho intramolecular Hbond substituents is 1. The SMILES string of the molecule is CCCOc1ccc(N2C(=O)NC(=O)/C(=C\c3cc(OCC)c(O)c([N+](=O)[O-])c3)C2=O)cc1OCC. The van der Waals surface area contributed by atoms with Gasteiger partial charge in [0.15, 0.2) is 17.2 Å². The minimum absolute atomic E-state index is 0.0362. The molecule has 2 aromatic rings. The number of barbiturate groups is 1. The Labute approximate surface area is 206 Å². The molecule has 0 saturated carbocycles. The summed E-state index contributed by atoms with van der Waals surface area (Å²) < 4.78 is 16.5. The minimum atomic E-state index is -0.983. The molecule has 1 heterocycles. The van der Waals surface area contributed by atoms with E-state index in [1.807, 2.05) is 6.92 Å². The average molecular weight is 499 g/mol. The average Bonchev–Trinajstić information content (AvgIpc) is 2.83. The summed E-state index contributed by atoms with van der Waals surface area (Å²) in [4.78, 5) is 49.7. The van der Waals surface area contributed by atoms with Gasteiger partial charge in [-0.2, -0.15) is 0 Å². The van der Waals surface area contributed by atoms with Crippen molar-refractivity contribution in [2.24, 2.45) is 0 Å². The molecule has 190 valence electrons. The van der Waals surface area contributed by atoms with Crippen LogP contribution in [-0.2, 0) is 9.59 Å². The van der Waals surface area contributed by atoms with Crippen LogP contribution in [-0.4, -0.2) is 47.7 Å². The standard InChI is InChI=1S/C24H25N3O9/c1-4-9-36-18-8-7-15(13-19(18)34-5-2)26-23(30)16(22(29)25-24(26)31)10-14-11-17(27(32)33)21(28)20(12-14)35-6-3/h7-8,10-13,28H,4-6,9H2,1-3H3,(H,25,29,31)/b16-10+. The number of amides is 4. The molecule has 1 fully saturated rings. The first-order valence-corrected chi connectivity index (χ1v) is 11.2. The highest BCUT2D eigenvalue weighted by Gasteiger charge is 2.37. The number of hydrogen-bond acceptors (Lipinski definition) is 9. The van der Waals surface area contributed by atoms with E-state index in [2.05, 4.69) is 5.32 Å². The molecule has 2 N–H and O–H groups in total. The predicted molar refractivity (Wildman–Crippen MR) is 128 cm³/mol. The molecule has 1 aliphatic heterocycles. The Kier molecular flexibility index (Phi) is 8.10. The number of benzene rings is 2. The molecule has 36 heavy (non-hydrogen) atoms. The highest BCUT2D eigenvalue weighted by atomic mass is 16.6. The third kappa shape index (κ3) is 5.37. The molecule has 0 spiro atoms. The number of rotatable bonds is 10. The van der Waals surface area contributed by atoms with Crippen LogP contribution in [0.2, 0.25) is 0 Å². The Morgan fingerprint density at radius 2 is 1.69 bits per heavy atom. The maximum absolute atomic E-state index is 13.3. The summed E-state index contributed by atoms with van der Waals surface area (Å²) in [5.41, 5.74) is -0.973. The van der Waals surface area contributed by atoms with Gasteiger partial charge in [-0.25, -0.2) is 9.69 Å². The molecule has 12 nitrogen and oxygen atoms in total. The number of carbonyl (C=O) groups excluding carboxylic acids is 3. The Morgan fingerprint density at radius 3 is 2.33 bits per heavy atom. The Balaban J connectivity index is 2.05. The van der Waals surface area contributed by atoms with E-state index in [4.69, 9.17) is 14.2 Å². The molecule has 12 heteroatoms. The molecule has 1 aliphatic rings. The number of anilines is 1. The van der Waals surface area contributed by atoms with Crippen molar-refractivity contribution in [3.63, 3.8) is 0 Å². The number of nitro benzene ring substituents is 1. The molecule has 0 bridgehead atoms. The van der Waals surface area contributed by atoms with Crippen LogP contribution in [0.25, 0.3) is 6.08 Å². The van der Waals surface area contributed by atoms with Gasteiger partial charge in [0.25, 0.3) is 11.8 Å². The van der Waals surface area contributed by atoms with E-state index in [0.717, 1.165) is 23.5 Å². The lowest BCUT2D eigenvalue weighted by Gasteiger charge is -2.27. The highest BCUT2D eigenvalue weighted by Crippen LogP contribution is 2.38. The molecular weight excluding hydrogens is 474 g/mol. The van der Waals surface area contributed by atoms with Crippen LogP contribution in [0.4, 0.5) is 16.2 Å². The van der Waals surface area contributed by atoms with Crippen molar-refractivity contribution < 1.29 is 38.6 Å². The molecule has 3 rings (SSSR count). The van der Waals surface area contributed by atoms with Gasteiger partial charge < -0.3 is 19.3 Å². The number of hydrogen-bond donors (Lipinski definition) is 2. The first kappa shape index (κ1) is 26.0. The molecular formula is C24H25N3O9. The molecule has 0 atom stereocenters. The summed E-state index contributed by atoms with van der Waals surface area (Å²) in [5, 5.41) is 23.5. The third-order valence-electron chi connectivity index (χ3n) is 4.93. The van der Waals surface area contributed by atoms with Crippen molar-refractivity contribution in [2.75, 3.05) is 24.7 Å². The zero-order valence-corrected chi connectivity index (χ0v) is 19.9. The molecule has 0 aromatic heterocycles. The van der Waals surface area contributed by atoms with Crippen molar-refractivity contribution in [3.8, 4) is 23.0 Å². The van der Waals surface area contributed by atoms with Gasteiger partial charge in [-0.3, -0.25) is 25.0 Å². The fourth-order valence-electron chi connectivity index (χ4n) is 3.40. The minimum Gasteiger partial charge on any atom is -0.500 e. The molecule has 0 unspecified atom stereocenters. The highest BCUT2D eigenvalue weighted by molar-refractivity contribution is 6.39. The zero-order valence-electron chi connectivity index (χ0n) is 19.9. The molecule has 0 radical (unpaired) electrons. The first-order chi connectivity index (χ1) is 17.2. The van der Waals surface area contributed by atoms with Gasteiger partial charge in [0, 0.05) is 12.1 Å². The molecule has 2 aromatic carbocycles. The molecule has 1 saturated heterocycles. The predicted octanol–water partition coefficient (Wildman–Crippen LogP) is 3.55. The Bertz CT molecular complexity index is 1240. The first-order valence-electron chi connectivity index (χ1n) is 11.2. The fraction of sp³-hybridized carbons (Fsp3) is 0.292. The summed E-state index contributed by atoms with van der Waals surface area (Å²) in [6.45, 7) is 6.17. The van der Waals surface area contributed by atoms with Gasteiger partial charge in [0.2, 0.25) is 5.75 Å². The summed E-state index contributed by atoms with van der Waals surface area (Å²) >= 11 is 0. The fourth-order valence-corrected chi connectivity index (χ4v) is 3.40. The van der Waals surface area contributed by atoms with E-state index in [0.29, 0.717) is 24.7 Å². The van der Waals surface area contributed by atoms with Gasteiger partial charge in [-0.1, -0.05) is 6.92 Å². The summed E-state index contributed by atoms with van der Waals surface area (Å²) in [6.07, 6.45) is 1.84. The Morgan fingerprint density at radius 1 is 1.00 bits per heavy atom. The Hall–Kier alpha value is -4.61. The van der Waals surface area contributed by atoms with Gasteiger partial charge >= 0.3 is 11.7 Å². The third-order valence-corrected chi connectivity index (χ3v) is 4.93. The number of phenols is 1. The summed E-state index contributed by atoms with van der Waals surface area (Å²) in [7, 11) is 0. The smallest absolute Gasteiger partial charge is 0.335 e. The van der Waals surface area contributed by atoms with Crippen molar-refractivity contribution in [1.29, 1.82) is 0 Å². The summed E-state index contributed by atoms with van der Waals surface area (Å²) in [6, 6.07) is 5.72. The van der Waals surface area contributed by atoms with E-state index in [1.165, 1.54) is 18.2 Å². The number of imide groups is 2. The van der Waals surface area contributed by atoms with E-state index in [1.54, 1.807) is 19.9 Å². The number of urea groups is 1. The van der Waals surface area contributed by atoms with E-state index in [9.17, 15) is 29.6 Å². The normalized spacial score (nSPS) is 14.6. The van der Waals surface area contributed by atoms with Crippen LogP contribution in [0, 0.1) is 10.1 Å². The van der Waals surface area contributed by atoms with Crippen LogP contribution in [0.3, 0.4) is 0 Å². The van der Waals surface area contributed by atoms with Crippen LogP contribution < -0.4 is 24.4 Å². The number of aromatic hydroxyl groups is 1. The number of nitro groups is 1. The van der Waals surface area contributed by atoms with Crippen LogP contribution in [0.1, 0.15) is 32.8 Å². The van der Waals surface area contributed by atoms with Gasteiger partial charge in [0.1, 0.15) is 5.57 Å². The van der Waals surface area contributed by atoms with E-state index in [-0.39, 0.29) is 23.6 Å². The second-order valence-electron chi connectivity index (χ2n) is 7.45. The van der Waals surface area contributed by atoms with Crippen LogP contribution >= 0.6 is 0 Å². The van der Waals surface area contributed by atoms with Crippen LogP contribution in [0.5, 0.6) is 23.0 Å². The number of nitrogens with zero attached hydrogens (tertiary/aromatic N) is 2. The van der Waals surface area contributed by atoms with Gasteiger partial charge in [-0.05, 0) is 50.1 Å². The topological polar surface area (TPSA) is 158 Å². The lowest BCUT2D eigenvalue weighted by Crippen LogP contribution is -2.54. The van der Waals surface area contributed by atoms with Gasteiger partial charge in [-0.15, -0.1) is 0 Å². The van der Waals surface area contributed by atoms with Crippen molar-refractivity contribution in [2.45, 2.75) is 27.2 Å². The largest absolute Gasteiger partial charge is 0.500 e. The maximum Gasteiger partial charge on any atom is 0.335 e. The second-order valence-corrected chi connectivity index (χ2v) is 7.45. The monoisotopic (exact) mass is 499 g/mol. The van der Waals surface area contributed by atoms with Gasteiger partial charge in [0.05, 0.1) is 30.4 Å². The summed E-state index contributed by atoms with van der Waals surface area (Å²) in [5.74, 6) is -2.08. The van der Waals surface area contributed by atoms with Crippen molar-refractivity contribution in [1.82, 2.24) is 5.32 Å². The zero-order chi connectivity index (χ0) is 26.4. The van der Waals surface area contributed by atoms with E-state index >= 15 is 0 Å². The quantitative estimate of drug-likeness (QED) is 0.216. The number of carbonyl (C=O) groups is 3. The van der Waals surface area contributed by atoms with Crippen LogP contribution in [0.15, 0.2) is 35.9 Å². The van der Waals surface area contributed by atoms with Crippen molar-refractivity contribution in [3.05, 3.63) is 51.6 Å². The van der Waals surface area contributed by atoms with Crippen molar-refractivity contribution >= 4 is 35.3 Å². The molecule has 4 amide bonds. The molecule has 0 aliphatic carbocycles.